The number of methoxy groups -OCH3 is 3. The molecule has 7 nitrogen and oxygen atoms in total. The first-order chi connectivity index (χ1) is 13.6. The first kappa shape index (κ1) is 19.3. The molecule has 0 saturated heterocycles. The van der Waals surface area contributed by atoms with Gasteiger partial charge in [0.15, 0.2) is 0 Å². The van der Waals surface area contributed by atoms with Gasteiger partial charge in [-0.15, -0.1) is 0 Å². The second-order valence-corrected chi connectivity index (χ2v) is 6.15. The topological polar surface area (TPSA) is 74.6 Å². The molecule has 7 heteroatoms. The van der Waals surface area contributed by atoms with Crippen molar-refractivity contribution in [2.45, 2.75) is 6.04 Å². The van der Waals surface area contributed by atoms with Gasteiger partial charge < -0.3 is 24.1 Å². The van der Waals surface area contributed by atoms with Crippen LogP contribution in [0.5, 0.6) is 17.2 Å². The number of rotatable bonds is 7. The smallest absolute Gasteiger partial charge is 0.256 e. The van der Waals surface area contributed by atoms with Crippen molar-refractivity contribution < 1.29 is 19.0 Å². The van der Waals surface area contributed by atoms with Gasteiger partial charge in [-0.3, -0.25) is 4.79 Å². The normalized spacial score (nSPS) is 11.6. The van der Waals surface area contributed by atoms with Crippen molar-refractivity contribution in [2.75, 3.05) is 21.3 Å². The lowest BCUT2D eigenvalue weighted by Gasteiger charge is -2.20. The van der Waals surface area contributed by atoms with E-state index in [0.717, 1.165) is 5.56 Å². The molecule has 1 atom stereocenters. The highest BCUT2D eigenvalue weighted by molar-refractivity contribution is 5.97. The molecule has 1 amide bonds. The molecule has 0 radical (unpaired) electrons. The van der Waals surface area contributed by atoms with Crippen molar-refractivity contribution >= 4 is 5.91 Å². The van der Waals surface area contributed by atoms with Gasteiger partial charge in [-0.05, 0) is 35.9 Å². The summed E-state index contributed by atoms with van der Waals surface area (Å²) in [5, 5.41) is 3.06. The van der Waals surface area contributed by atoms with Crippen molar-refractivity contribution in [3.8, 4) is 17.2 Å². The lowest BCUT2D eigenvalue weighted by molar-refractivity contribution is 0.0937. The Balaban J connectivity index is 2.00. The van der Waals surface area contributed by atoms with Crippen molar-refractivity contribution in [1.29, 1.82) is 0 Å². The van der Waals surface area contributed by atoms with Crippen LogP contribution in [0.15, 0.2) is 54.9 Å². The van der Waals surface area contributed by atoms with Gasteiger partial charge >= 0.3 is 0 Å². The molecule has 0 aliphatic rings. The molecule has 0 aliphatic heterocycles. The summed E-state index contributed by atoms with van der Waals surface area (Å²) in [6, 6.07) is 12.2. The predicted octanol–water partition coefficient (Wildman–Crippen LogP) is 2.97. The third-order valence-electron chi connectivity index (χ3n) is 4.47. The molecule has 146 valence electrons. The number of imidazole rings is 1. The minimum Gasteiger partial charge on any atom is -0.497 e. The standard InChI is InChI=1S/C21H23N3O4/c1-24-11-10-22-20(24)19(14-6-5-7-15(12-14)26-2)23-21(25)17-13-16(27-3)8-9-18(17)28-4/h5-13,19H,1-4H3,(H,23,25). The highest BCUT2D eigenvalue weighted by atomic mass is 16.5. The second kappa shape index (κ2) is 8.47. The number of nitrogens with one attached hydrogen (secondary N) is 1. The second-order valence-electron chi connectivity index (χ2n) is 6.15. The van der Waals surface area contributed by atoms with E-state index >= 15 is 0 Å². The Morgan fingerprint density at radius 2 is 1.79 bits per heavy atom. The molecule has 1 heterocycles. The Morgan fingerprint density at radius 1 is 1.04 bits per heavy atom. The maximum absolute atomic E-state index is 13.1. The molecule has 2 aromatic carbocycles. The van der Waals surface area contributed by atoms with Crippen molar-refractivity contribution in [3.05, 3.63) is 71.8 Å². The minimum absolute atomic E-state index is 0.299. The van der Waals surface area contributed by atoms with E-state index in [-0.39, 0.29) is 5.91 Å². The zero-order chi connectivity index (χ0) is 20.1. The summed E-state index contributed by atoms with van der Waals surface area (Å²) in [6.45, 7) is 0. The fourth-order valence-electron chi connectivity index (χ4n) is 2.97. The fourth-order valence-corrected chi connectivity index (χ4v) is 2.97. The summed E-state index contributed by atoms with van der Waals surface area (Å²) in [6.07, 6.45) is 3.53. The van der Waals surface area contributed by atoms with Gasteiger partial charge in [0.05, 0.1) is 26.9 Å². The van der Waals surface area contributed by atoms with Crippen LogP contribution >= 0.6 is 0 Å². The van der Waals surface area contributed by atoms with E-state index in [9.17, 15) is 4.79 Å². The summed E-state index contributed by atoms with van der Waals surface area (Å²) in [5.74, 6) is 2.13. The van der Waals surface area contributed by atoms with Crippen molar-refractivity contribution in [2.24, 2.45) is 7.05 Å². The Hall–Kier alpha value is -3.48. The fraction of sp³-hybridized carbons (Fsp3) is 0.238. The minimum atomic E-state index is -0.474. The van der Waals surface area contributed by atoms with E-state index in [0.29, 0.717) is 28.6 Å². The van der Waals surface area contributed by atoms with Crippen LogP contribution in [0.3, 0.4) is 0 Å². The SMILES string of the molecule is COc1cccc(C(NC(=O)c2cc(OC)ccc2OC)c2nccn2C)c1. The first-order valence-corrected chi connectivity index (χ1v) is 8.71. The lowest BCUT2D eigenvalue weighted by atomic mass is 10.0. The van der Waals surface area contributed by atoms with E-state index in [1.54, 1.807) is 38.6 Å². The van der Waals surface area contributed by atoms with Crippen LogP contribution in [0.25, 0.3) is 0 Å². The van der Waals surface area contributed by atoms with Crippen LogP contribution in [0, 0.1) is 0 Å². The van der Waals surface area contributed by atoms with Crippen LogP contribution in [-0.2, 0) is 7.05 Å². The molecule has 1 unspecified atom stereocenters. The lowest BCUT2D eigenvalue weighted by Crippen LogP contribution is -2.31. The van der Waals surface area contributed by atoms with Crippen LogP contribution in [0.1, 0.15) is 27.8 Å². The Morgan fingerprint density at radius 3 is 2.43 bits per heavy atom. The van der Waals surface area contributed by atoms with E-state index < -0.39 is 6.04 Å². The zero-order valence-electron chi connectivity index (χ0n) is 16.3. The number of benzene rings is 2. The van der Waals surface area contributed by atoms with Crippen LogP contribution in [0.2, 0.25) is 0 Å². The highest BCUT2D eigenvalue weighted by Crippen LogP contribution is 2.27. The first-order valence-electron chi connectivity index (χ1n) is 8.71. The number of hydrogen-bond acceptors (Lipinski definition) is 5. The summed E-state index contributed by atoms with van der Waals surface area (Å²) < 4.78 is 17.8. The van der Waals surface area contributed by atoms with Crippen LogP contribution < -0.4 is 19.5 Å². The number of carbonyl (C=O) groups is 1. The van der Waals surface area contributed by atoms with Gasteiger partial charge in [0, 0.05) is 19.4 Å². The number of carbonyl (C=O) groups excluding carboxylic acids is 1. The van der Waals surface area contributed by atoms with E-state index in [2.05, 4.69) is 10.3 Å². The predicted molar refractivity (Wildman–Crippen MR) is 105 cm³/mol. The van der Waals surface area contributed by atoms with Gasteiger partial charge in [-0.2, -0.15) is 0 Å². The Labute approximate surface area is 163 Å². The molecule has 0 saturated carbocycles. The van der Waals surface area contributed by atoms with Gasteiger partial charge in [-0.25, -0.2) is 4.98 Å². The maximum Gasteiger partial charge on any atom is 0.256 e. The molecule has 1 aromatic heterocycles. The average molecular weight is 381 g/mol. The van der Waals surface area contributed by atoms with Gasteiger partial charge in [0.25, 0.3) is 5.91 Å². The average Bonchev–Trinajstić information content (AvgIpc) is 3.16. The molecule has 0 spiro atoms. The zero-order valence-corrected chi connectivity index (χ0v) is 16.3. The van der Waals surface area contributed by atoms with E-state index in [1.807, 2.05) is 42.1 Å². The Kier molecular flexibility index (Phi) is 5.84. The number of aromatic nitrogens is 2. The molecule has 1 N–H and O–H groups in total. The monoisotopic (exact) mass is 381 g/mol. The molecule has 0 bridgehead atoms. The number of ether oxygens (including phenoxy) is 3. The number of aryl methyl sites for hydroxylation is 1. The third kappa shape index (κ3) is 3.93. The Bertz CT molecular complexity index is 968. The van der Waals surface area contributed by atoms with Crippen LogP contribution in [-0.4, -0.2) is 36.8 Å². The molecule has 0 aliphatic carbocycles. The molecule has 3 rings (SSSR count). The summed E-state index contributed by atoms with van der Waals surface area (Å²) >= 11 is 0. The maximum atomic E-state index is 13.1. The third-order valence-corrected chi connectivity index (χ3v) is 4.47. The van der Waals surface area contributed by atoms with Crippen molar-refractivity contribution in [1.82, 2.24) is 14.9 Å². The van der Waals surface area contributed by atoms with Gasteiger partial charge in [-0.1, -0.05) is 12.1 Å². The largest absolute Gasteiger partial charge is 0.497 e. The molecule has 0 fully saturated rings. The summed E-state index contributed by atoms with van der Waals surface area (Å²) in [7, 11) is 6.57. The van der Waals surface area contributed by atoms with E-state index in [1.165, 1.54) is 7.11 Å². The molecular formula is C21H23N3O4. The molecule has 28 heavy (non-hydrogen) atoms. The van der Waals surface area contributed by atoms with Gasteiger partial charge in [0.2, 0.25) is 0 Å². The number of hydrogen-bond donors (Lipinski definition) is 1. The van der Waals surface area contributed by atoms with Crippen LogP contribution in [0.4, 0.5) is 0 Å². The highest BCUT2D eigenvalue weighted by Gasteiger charge is 2.24. The number of nitrogens with zero attached hydrogens (tertiary/aromatic N) is 2. The molecular weight excluding hydrogens is 358 g/mol. The van der Waals surface area contributed by atoms with Gasteiger partial charge in [0.1, 0.15) is 29.1 Å². The molecule has 3 aromatic rings. The quantitative estimate of drug-likeness (QED) is 0.681. The van der Waals surface area contributed by atoms with E-state index in [4.69, 9.17) is 14.2 Å². The van der Waals surface area contributed by atoms with Crippen molar-refractivity contribution in [3.63, 3.8) is 0 Å². The number of amides is 1. The summed E-state index contributed by atoms with van der Waals surface area (Å²) in [4.78, 5) is 17.5. The summed E-state index contributed by atoms with van der Waals surface area (Å²) in [5.41, 5.74) is 1.23.